The van der Waals surface area contributed by atoms with Crippen LogP contribution in [0.15, 0.2) is 6.07 Å². The fourth-order valence-corrected chi connectivity index (χ4v) is 3.99. The molecule has 0 aromatic carbocycles. The summed E-state index contributed by atoms with van der Waals surface area (Å²) in [6, 6.07) is 1.37. The van der Waals surface area contributed by atoms with Crippen molar-refractivity contribution in [3.8, 4) is 0 Å². The number of hydrogen-bond acceptors (Lipinski definition) is 4. The number of amides is 1. The number of nitrogens with zero attached hydrogens (tertiary/aromatic N) is 3. The van der Waals surface area contributed by atoms with Crippen LogP contribution in [-0.4, -0.2) is 46.3 Å². The maximum Gasteiger partial charge on any atom is 0.435 e. The van der Waals surface area contributed by atoms with E-state index in [4.69, 9.17) is 0 Å². The van der Waals surface area contributed by atoms with E-state index in [1.54, 1.807) is 0 Å². The SMILES string of the molecule is CCN1CCC(NC(=O)c2cc3c(C(F)(F)F)nn(C)c3s2)CC1. The number of alkyl halides is 3. The number of piperidine rings is 1. The molecule has 0 radical (unpaired) electrons. The number of fused-ring (bicyclic) bond motifs is 1. The van der Waals surface area contributed by atoms with Gasteiger partial charge in [-0.05, 0) is 25.5 Å². The van der Waals surface area contributed by atoms with Crippen LogP contribution in [0.3, 0.4) is 0 Å². The number of carbonyl (C=O) groups excluding carboxylic acids is 1. The average molecular weight is 360 g/mol. The van der Waals surface area contributed by atoms with E-state index >= 15 is 0 Å². The third kappa shape index (κ3) is 3.27. The summed E-state index contributed by atoms with van der Waals surface area (Å²) in [6.45, 7) is 4.94. The van der Waals surface area contributed by atoms with Crippen LogP contribution in [0.4, 0.5) is 13.2 Å². The number of aryl methyl sites for hydroxylation is 1. The van der Waals surface area contributed by atoms with Crippen LogP contribution in [0, 0.1) is 0 Å². The molecule has 0 atom stereocenters. The largest absolute Gasteiger partial charge is 0.435 e. The second-order valence-corrected chi connectivity index (χ2v) is 7.01. The second kappa shape index (κ2) is 6.36. The van der Waals surface area contributed by atoms with Gasteiger partial charge in [0.15, 0.2) is 5.69 Å². The van der Waals surface area contributed by atoms with Gasteiger partial charge in [0.1, 0.15) is 4.83 Å². The number of hydrogen-bond donors (Lipinski definition) is 1. The lowest BCUT2D eigenvalue weighted by Gasteiger charge is -2.31. The highest BCUT2D eigenvalue weighted by Crippen LogP contribution is 2.37. The van der Waals surface area contributed by atoms with Gasteiger partial charge in [-0.1, -0.05) is 6.92 Å². The van der Waals surface area contributed by atoms with Gasteiger partial charge >= 0.3 is 6.18 Å². The molecule has 5 nitrogen and oxygen atoms in total. The first-order valence-corrected chi connectivity index (χ1v) is 8.68. The maximum atomic E-state index is 13.0. The molecule has 0 aliphatic carbocycles. The number of rotatable bonds is 3. The first-order chi connectivity index (χ1) is 11.3. The van der Waals surface area contributed by atoms with Gasteiger partial charge in [0.05, 0.1) is 4.88 Å². The van der Waals surface area contributed by atoms with Crippen molar-refractivity contribution >= 4 is 27.5 Å². The van der Waals surface area contributed by atoms with E-state index in [9.17, 15) is 18.0 Å². The van der Waals surface area contributed by atoms with Crippen molar-refractivity contribution in [3.05, 3.63) is 16.6 Å². The van der Waals surface area contributed by atoms with Crippen molar-refractivity contribution in [2.24, 2.45) is 7.05 Å². The van der Waals surface area contributed by atoms with Crippen molar-refractivity contribution in [3.63, 3.8) is 0 Å². The summed E-state index contributed by atoms with van der Waals surface area (Å²) in [5.41, 5.74) is -0.938. The minimum Gasteiger partial charge on any atom is -0.349 e. The predicted molar refractivity (Wildman–Crippen MR) is 86.2 cm³/mol. The van der Waals surface area contributed by atoms with E-state index in [1.165, 1.54) is 17.8 Å². The van der Waals surface area contributed by atoms with Crippen LogP contribution in [0.5, 0.6) is 0 Å². The van der Waals surface area contributed by atoms with Crippen LogP contribution >= 0.6 is 11.3 Å². The van der Waals surface area contributed by atoms with E-state index in [0.717, 1.165) is 43.8 Å². The van der Waals surface area contributed by atoms with Gasteiger partial charge in [0.25, 0.3) is 5.91 Å². The molecule has 1 amide bonds. The highest BCUT2D eigenvalue weighted by Gasteiger charge is 2.37. The van der Waals surface area contributed by atoms with Gasteiger partial charge in [0.2, 0.25) is 0 Å². The molecular weight excluding hydrogens is 341 g/mol. The summed E-state index contributed by atoms with van der Waals surface area (Å²) < 4.78 is 40.2. The summed E-state index contributed by atoms with van der Waals surface area (Å²) in [5.74, 6) is -0.306. The Morgan fingerprint density at radius 2 is 2.08 bits per heavy atom. The van der Waals surface area contributed by atoms with Gasteiger partial charge in [-0.2, -0.15) is 18.3 Å². The Labute approximate surface area is 141 Å². The molecule has 1 aliphatic rings. The lowest BCUT2D eigenvalue weighted by atomic mass is 10.1. The van der Waals surface area contributed by atoms with E-state index in [2.05, 4.69) is 22.2 Å². The maximum absolute atomic E-state index is 13.0. The molecule has 9 heteroatoms. The van der Waals surface area contributed by atoms with Crippen molar-refractivity contribution < 1.29 is 18.0 Å². The third-order valence-corrected chi connectivity index (χ3v) is 5.57. The minimum atomic E-state index is -4.53. The van der Waals surface area contributed by atoms with Crippen LogP contribution in [-0.2, 0) is 13.2 Å². The van der Waals surface area contributed by atoms with Crippen molar-refractivity contribution in [1.29, 1.82) is 0 Å². The van der Waals surface area contributed by atoms with Gasteiger partial charge < -0.3 is 10.2 Å². The molecule has 0 saturated carbocycles. The Bertz CT molecular complexity index is 744. The molecule has 2 aromatic rings. The number of thiophene rings is 1. The molecule has 1 saturated heterocycles. The monoisotopic (exact) mass is 360 g/mol. The average Bonchev–Trinajstić information content (AvgIpc) is 3.08. The van der Waals surface area contributed by atoms with E-state index in [1.807, 2.05) is 0 Å². The molecule has 24 heavy (non-hydrogen) atoms. The highest BCUT2D eigenvalue weighted by atomic mass is 32.1. The molecule has 0 bridgehead atoms. The van der Waals surface area contributed by atoms with Crippen molar-refractivity contribution in [2.75, 3.05) is 19.6 Å². The zero-order valence-corrected chi connectivity index (χ0v) is 14.3. The summed E-state index contributed by atoms with van der Waals surface area (Å²) in [6.07, 6.45) is -2.80. The van der Waals surface area contributed by atoms with Crippen LogP contribution < -0.4 is 5.32 Å². The molecule has 0 spiro atoms. The minimum absolute atomic E-state index is 0.0130. The molecule has 1 fully saturated rings. The van der Waals surface area contributed by atoms with E-state index < -0.39 is 11.9 Å². The standard InChI is InChI=1S/C15H19F3N4OS/c1-3-22-6-4-9(5-7-22)19-13(23)11-8-10-12(15(16,17)18)20-21(2)14(10)24-11/h8-9H,3-7H2,1-2H3,(H,19,23). The lowest BCUT2D eigenvalue weighted by molar-refractivity contribution is -0.140. The van der Waals surface area contributed by atoms with Gasteiger partial charge in [-0.3, -0.25) is 9.48 Å². The number of likely N-dealkylation sites (tertiary alicyclic amines) is 1. The van der Waals surface area contributed by atoms with Crippen LogP contribution in [0.1, 0.15) is 35.1 Å². The highest BCUT2D eigenvalue weighted by molar-refractivity contribution is 7.20. The molecule has 2 aromatic heterocycles. The van der Waals surface area contributed by atoms with E-state index in [-0.39, 0.29) is 17.3 Å². The number of halogens is 3. The molecule has 1 N–H and O–H groups in total. The zero-order chi connectivity index (χ0) is 17.5. The van der Waals surface area contributed by atoms with Crippen LogP contribution in [0.25, 0.3) is 10.2 Å². The molecule has 1 aliphatic heterocycles. The molecule has 3 heterocycles. The fraction of sp³-hybridized carbons (Fsp3) is 0.600. The fourth-order valence-electron chi connectivity index (χ4n) is 3.01. The van der Waals surface area contributed by atoms with Crippen LogP contribution in [0.2, 0.25) is 0 Å². The summed E-state index contributed by atoms with van der Waals surface area (Å²) >= 11 is 1.04. The van der Waals surface area contributed by atoms with Crippen molar-refractivity contribution in [2.45, 2.75) is 32.0 Å². The number of aromatic nitrogens is 2. The first kappa shape index (κ1) is 17.2. The third-order valence-electron chi connectivity index (χ3n) is 4.37. The number of carbonyl (C=O) groups is 1. The Hall–Kier alpha value is -1.61. The molecular formula is C15H19F3N4OS. The molecule has 3 rings (SSSR count). The predicted octanol–water partition coefficient (Wildman–Crippen LogP) is 2.87. The van der Waals surface area contributed by atoms with Crippen molar-refractivity contribution in [1.82, 2.24) is 20.0 Å². The quantitative estimate of drug-likeness (QED) is 0.916. The number of nitrogens with one attached hydrogen (secondary N) is 1. The molecule has 132 valence electrons. The van der Waals surface area contributed by atoms with Gasteiger partial charge in [-0.25, -0.2) is 0 Å². The second-order valence-electron chi connectivity index (χ2n) is 5.98. The molecule has 0 unspecified atom stereocenters. The van der Waals surface area contributed by atoms with E-state index in [0.29, 0.717) is 9.71 Å². The lowest BCUT2D eigenvalue weighted by Crippen LogP contribution is -2.44. The first-order valence-electron chi connectivity index (χ1n) is 7.86. The van der Waals surface area contributed by atoms with Gasteiger partial charge in [0, 0.05) is 31.6 Å². The Morgan fingerprint density at radius 1 is 1.42 bits per heavy atom. The summed E-state index contributed by atoms with van der Waals surface area (Å²) in [4.78, 5) is 15.3. The topological polar surface area (TPSA) is 50.2 Å². The summed E-state index contributed by atoms with van der Waals surface area (Å²) in [7, 11) is 1.45. The normalized spacial score (nSPS) is 17.5. The van der Waals surface area contributed by atoms with Gasteiger partial charge in [-0.15, -0.1) is 11.3 Å². The summed E-state index contributed by atoms with van der Waals surface area (Å²) in [5, 5.41) is 6.45. The Kier molecular flexibility index (Phi) is 4.56. The Balaban J connectivity index is 1.76. The smallest absolute Gasteiger partial charge is 0.349 e. The zero-order valence-electron chi connectivity index (χ0n) is 13.5. The Morgan fingerprint density at radius 3 is 2.67 bits per heavy atom.